The SMILES string of the molecule is CC(=O)NOC(=O)CC(=O)OCc1ccc(CN)cc1. The van der Waals surface area contributed by atoms with Crippen molar-refractivity contribution in [3.8, 4) is 0 Å². The van der Waals surface area contributed by atoms with E-state index >= 15 is 0 Å². The second-order valence-corrected chi connectivity index (χ2v) is 3.99. The van der Waals surface area contributed by atoms with Crippen molar-refractivity contribution < 1.29 is 24.0 Å². The summed E-state index contributed by atoms with van der Waals surface area (Å²) in [5.74, 6) is -2.15. The third-order valence-electron chi connectivity index (χ3n) is 2.26. The van der Waals surface area contributed by atoms with Crippen LogP contribution in [0.15, 0.2) is 24.3 Å². The van der Waals surface area contributed by atoms with Crippen molar-refractivity contribution in [2.75, 3.05) is 0 Å². The average Bonchev–Trinajstić information content (AvgIpc) is 2.43. The van der Waals surface area contributed by atoms with Gasteiger partial charge in [-0.25, -0.2) is 4.79 Å². The third kappa shape index (κ3) is 5.96. The van der Waals surface area contributed by atoms with Crippen LogP contribution in [0.1, 0.15) is 24.5 Å². The number of hydrogen-bond donors (Lipinski definition) is 2. The highest BCUT2D eigenvalue weighted by Crippen LogP contribution is 2.05. The van der Waals surface area contributed by atoms with E-state index in [1.54, 1.807) is 12.1 Å². The van der Waals surface area contributed by atoms with Gasteiger partial charge in [0.25, 0.3) is 0 Å². The van der Waals surface area contributed by atoms with Crippen molar-refractivity contribution in [2.45, 2.75) is 26.5 Å². The van der Waals surface area contributed by atoms with E-state index in [2.05, 4.69) is 4.84 Å². The Hall–Kier alpha value is -2.41. The van der Waals surface area contributed by atoms with Crippen LogP contribution in [0.5, 0.6) is 0 Å². The lowest BCUT2D eigenvalue weighted by molar-refractivity contribution is -0.163. The Morgan fingerprint density at radius 1 is 1.10 bits per heavy atom. The van der Waals surface area contributed by atoms with Crippen molar-refractivity contribution in [1.29, 1.82) is 0 Å². The summed E-state index contributed by atoms with van der Waals surface area (Å²) < 4.78 is 4.90. The molecule has 0 fully saturated rings. The van der Waals surface area contributed by atoms with Gasteiger partial charge in [0.15, 0.2) is 0 Å². The monoisotopic (exact) mass is 280 g/mol. The van der Waals surface area contributed by atoms with Gasteiger partial charge in [0, 0.05) is 13.5 Å². The zero-order valence-electron chi connectivity index (χ0n) is 11.0. The zero-order valence-corrected chi connectivity index (χ0v) is 11.0. The van der Waals surface area contributed by atoms with E-state index in [1.165, 1.54) is 6.92 Å². The maximum Gasteiger partial charge on any atom is 0.343 e. The summed E-state index contributed by atoms with van der Waals surface area (Å²) in [4.78, 5) is 37.2. The van der Waals surface area contributed by atoms with Crippen LogP contribution in [0.3, 0.4) is 0 Å². The van der Waals surface area contributed by atoms with Crippen LogP contribution in [0, 0.1) is 0 Å². The number of hydroxylamine groups is 1. The minimum atomic E-state index is -0.885. The normalized spacial score (nSPS) is 9.70. The Bertz CT molecular complexity index is 484. The maximum atomic E-state index is 11.3. The molecule has 3 N–H and O–H groups in total. The highest BCUT2D eigenvalue weighted by molar-refractivity contribution is 5.91. The van der Waals surface area contributed by atoms with E-state index in [9.17, 15) is 14.4 Å². The molecule has 0 spiro atoms. The Balaban J connectivity index is 2.31. The average molecular weight is 280 g/mol. The summed E-state index contributed by atoms with van der Waals surface area (Å²) in [5, 5.41) is 0. The van der Waals surface area contributed by atoms with Crippen molar-refractivity contribution in [1.82, 2.24) is 5.48 Å². The highest BCUT2D eigenvalue weighted by Gasteiger charge is 2.13. The van der Waals surface area contributed by atoms with Crippen molar-refractivity contribution in [3.63, 3.8) is 0 Å². The van der Waals surface area contributed by atoms with Crippen LogP contribution in [0.25, 0.3) is 0 Å². The molecule has 0 heterocycles. The maximum absolute atomic E-state index is 11.3. The minimum absolute atomic E-state index is 0.0527. The van der Waals surface area contributed by atoms with Gasteiger partial charge in [-0.2, -0.15) is 5.48 Å². The molecule has 1 aromatic carbocycles. The van der Waals surface area contributed by atoms with Gasteiger partial charge in [-0.05, 0) is 11.1 Å². The lowest BCUT2D eigenvalue weighted by Gasteiger charge is -2.06. The van der Waals surface area contributed by atoms with Crippen LogP contribution in [0.2, 0.25) is 0 Å². The van der Waals surface area contributed by atoms with Crippen LogP contribution >= 0.6 is 0 Å². The number of carbonyl (C=O) groups excluding carboxylic acids is 3. The smallest absolute Gasteiger partial charge is 0.343 e. The van der Waals surface area contributed by atoms with Crippen molar-refractivity contribution >= 4 is 17.8 Å². The molecule has 1 rings (SSSR count). The quantitative estimate of drug-likeness (QED) is 0.452. The molecular weight excluding hydrogens is 264 g/mol. The predicted octanol–water partition coefficient (Wildman–Crippen LogP) is 0.173. The summed E-state index contributed by atoms with van der Waals surface area (Å²) in [6.45, 7) is 1.67. The molecule has 7 nitrogen and oxygen atoms in total. The van der Waals surface area contributed by atoms with Gasteiger partial charge < -0.3 is 15.3 Å². The number of esters is 1. The molecule has 1 aromatic rings. The molecule has 108 valence electrons. The molecule has 0 saturated heterocycles. The molecule has 0 aliphatic heterocycles. The fraction of sp³-hybridized carbons (Fsp3) is 0.308. The lowest BCUT2D eigenvalue weighted by Crippen LogP contribution is -2.26. The predicted molar refractivity (Wildman–Crippen MR) is 68.7 cm³/mol. The molecule has 0 aliphatic carbocycles. The first-order valence-electron chi connectivity index (χ1n) is 5.91. The fourth-order valence-electron chi connectivity index (χ4n) is 1.27. The number of carbonyl (C=O) groups is 3. The third-order valence-corrected chi connectivity index (χ3v) is 2.26. The van der Waals surface area contributed by atoms with Crippen LogP contribution < -0.4 is 11.2 Å². The van der Waals surface area contributed by atoms with Gasteiger partial charge in [0.1, 0.15) is 13.0 Å². The molecular formula is C13H16N2O5. The second kappa shape index (κ2) is 7.90. The first kappa shape index (κ1) is 15.6. The Labute approximate surface area is 116 Å². The van der Waals surface area contributed by atoms with Gasteiger partial charge in [-0.15, -0.1) is 0 Å². The summed E-state index contributed by atoms with van der Waals surface area (Å²) in [6, 6.07) is 7.22. The zero-order chi connectivity index (χ0) is 15.0. The molecule has 0 atom stereocenters. The topological polar surface area (TPSA) is 108 Å². The van der Waals surface area contributed by atoms with Gasteiger partial charge in [-0.3, -0.25) is 9.59 Å². The lowest BCUT2D eigenvalue weighted by atomic mass is 10.1. The molecule has 0 aliphatic rings. The van der Waals surface area contributed by atoms with E-state index in [1.807, 2.05) is 17.6 Å². The molecule has 0 unspecified atom stereocenters. The molecule has 0 aromatic heterocycles. The van der Waals surface area contributed by atoms with Gasteiger partial charge in [0.05, 0.1) is 0 Å². The summed E-state index contributed by atoms with van der Waals surface area (Å²) in [6.07, 6.45) is -0.568. The standard InChI is InChI=1S/C13H16N2O5/c1-9(16)15-20-13(18)6-12(17)19-8-11-4-2-10(7-14)3-5-11/h2-5H,6-8,14H2,1H3,(H,15,16). The van der Waals surface area contributed by atoms with E-state index in [-0.39, 0.29) is 6.61 Å². The van der Waals surface area contributed by atoms with E-state index in [4.69, 9.17) is 10.5 Å². The molecule has 0 saturated carbocycles. The van der Waals surface area contributed by atoms with E-state index < -0.39 is 24.3 Å². The first-order chi connectivity index (χ1) is 9.51. The molecule has 0 bridgehead atoms. The van der Waals surface area contributed by atoms with E-state index in [0.29, 0.717) is 6.54 Å². The van der Waals surface area contributed by atoms with Crippen LogP contribution in [0.4, 0.5) is 0 Å². The second-order valence-electron chi connectivity index (χ2n) is 3.99. The summed E-state index contributed by atoms with van der Waals surface area (Å²) in [5.41, 5.74) is 9.04. The molecule has 0 radical (unpaired) electrons. The number of benzene rings is 1. The van der Waals surface area contributed by atoms with Crippen molar-refractivity contribution in [3.05, 3.63) is 35.4 Å². The van der Waals surface area contributed by atoms with Crippen LogP contribution in [-0.4, -0.2) is 17.8 Å². The summed E-state index contributed by atoms with van der Waals surface area (Å²) >= 11 is 0. The number of hydrogen-bond acceptors (Lipinski definition) is 6. The van der Waals surface area contributed by atoms with Gasteiger partial charge >= 0.3 is 11.9 Å². The highest BCUT2D eigenvalue weighted by atomic mass is 16.7. The number of nitrogens with one attached hydrogen (secondary N) is 1. The van der Waals surface area contributed by atoms with Gasteiger partial charge in [-0.1, -0.05) is 24.3 Å². The molecule has 20 heavy (non-hydrogen) atoms. The Morgan fingerprint density at radius 2 is 1.70 bits per heavy atom. The molecule has 7 heteroatoms. The Kier molecular flexibility index (Phi) is 6.18. The van der Waals surface area contributed by atoms with Crippen LogP contribution in [-0.2, 0) is 37.1 Å². The van der Waals surface area contributed by atoms with Crippen molar-refractivity contribution in [2.24, 2.45) is 5.73 Å². The fourth-order valence-corrected chi connectivity index (χ4v) is 1.27. The number of nitrogens with two attached hydrogens (primary N) is 1. The minimum Gasteiger partial charge on any atom is -0.460 e. The van der Waals surface area contributed by atoms with E-state index in [0.717, 1.165) is 11.1 Å². The van der Waals surface area contributed by atoms with Gasteiger partial charge in [0.2, 0.25) is 5.91 Å². The number of rotatable bonds is 5. The summed E-state index contributed by atoms with van der Waals surface area (Å²) in [7, 11) is 0. The molecule has 1 amide bonds. The first-order valence-corrected chi connectivity index (χ1v) is 5.91. The Morgan fingerprint density at radius 3 is 2.25 bits per heavy atom. The number of amides is 1. The number of ether oxygens (including phenoxy) is 1. The largest absolute Gasteiger partial charge is 0.460 e.